The molecule has 4 aliphatic rings. The molecule has 8 heteroatoms. The lowest BCUT2D eigenvalue weighted by molar-refractivity contribution is -0.136. The van der Waals surface area contributed by atoms with Gasteiger partial charge in [-0.05, 0) is 43.4 Å². The summed E-state index contributed by atoms with van der Waals surface area (Å²) in [6.07, 6.45) is 3.99. The van der Waals surface area contributed by atoms with Crippen LogP contribution < -0.4 is 10.6 Å². The van der Waals surface area contributed by atoms with E-state index in [1.165, 1.54) is 19.3 Å². The van der Waals surface area contributed by atoms with Crippen molar-refractivity contribution in [2.24, 2.45) is 0 Å². The normalized spacial score (nSPS) is 26.5. The number of carbonyl (C=O) groups excluding carboxylic acids is 4. The van der Waals surface area contributed by atoms with E-state index in [0.717, 1.165) is 36.6 Å². The smallest absolute Gasteiger partial charge is 0.262 e. The van der Waals surface area contributed by atoms with E-state index in [0.29, 0.717) is 11.1 Å². The number of piperazine rings is 1. The number of nitrogens with one attached hydrogen (secondary N) is 2. The van der Waals surface area contributed by atoms with Gasteiger partial charge in [0.1, 0.15) is 6.04 Å². The van der Waals surface area contributed by atoms with Crippen molar-refractivity contribution in [1.29, 1.82) is 0 Å². The van der Waals surface area contributed by atoms with Gasteiger partial charge >= 0.3 is 0 Å². The first-order chi connectivity index (χ1) is 14.0. The Morgan fingerprint density at radius 2 is 1.86 bits per heavy atom. The molecular formula is C21H24N4O4. The third-order valence-corrected chi connectivity index (χ3v) is 6.68. The fourth-order valence-corrected chi connectivity index (χ4v) is 4.99. The lowest BCUT2D eigenvalue weighted by Gasteiger charge is -2.49. The summed E-state index contributed by atoms with van der Waals surface area (Å²) in [5.41, 5.74) is 1.93. The average Bonchev–Trinajstić information content (AvgIpc) is 2.91. The number of carbonyl (C=O) groups is 4. The molecule has 3 aliphatic heterocycles. The minimum Gasteiger partial charge on any atom is -0.309 e. The Hall–Kier alpha value is -2.58. The van der Waals surface area contributed by atoms with Crippen LogP contribution in [0.5, 0.6) is 0 Å². The van der Waals surface area contributed by atoms with Crippen molar-refractivity contribution >= 4 is 23.6 Å². The zero-order valence-electron chi connectivity index (χ0n) is 16.2. The number of imide groups is 2. The molecule has 8 nitrogen and oxygen atoms in total. The van der Waals surface area contributed by atoms with Gasteiger partial charge in [0.05, 0.1) is 11.1 Å². The SMILES string of the molecule is O=C1CCC(N2C(=O)c3ccc(CN4CCNC5(CCC5)C4)cc3C2=O)C(=O)N1. The Bertz CT molecular complexity index is 923. The predicted octanol–water partition coefficient (Wildman–Crippen LogP) is 0.416. The molecule has 5 rings (SSSR count). The van der Waals surface area contributed by atoms with Crippen molar-refractivity contribution in [3.05, 3.63) is 34.9 Å². The van der Waals surface area contributed by atoms with E-state index in [1.807, 2.05) is 6.07 Å². The Balaban J connectivity index is 1.34. The van der Waals surface area contributed by atoms with Crippen LogP contribution in [0.25, 0.3) is 0 Å². The maximum atomic E-state index is 13.0. The predicted molar refractivity (Wildman–Crippen MR) is 103 cm³/mol. The van der Waals surface area contributed by atoms with E-state index >= 15 is 0 Å². The highest BCUT2D eigenvalue weighted by molar-refractivity contribution is 6.23. The van der Waals surface area contributed by atoms with Gasteiger partial charge in [0.2, 0.25) is 11.8 Å². The molecule has 2 N–H and O–H groups in total. The van der Waals surface area contributed by atoms with Gasteiger partial charge in [-0.3, -0.25) is 34.3 Å². The van der Waals surface area contributed by atoms with Gasteiger partial charge in [-0.1, -0.05) is 6.07 Å². The highest BCUT2D eigenvalue weighted by Crippen LogP contribution is 2.35. The Kier molecular flexibility index (Phi) is 4.29. The molecule has 1 aromatic rings. The number of amides is 4. The first-order valence-electron chi connectivity index (χ1n) is 10.3. The topological polar surface area (TPSA) is 98.8 Å². The lowest BCUT2D eigenvalue weighted by atomic mass is 9.75. The lowest BCUT2D eigenvalue weighted by Crippen LogP contribution is -2.63. The van der Waals surface area contributed by atoms with Gasteiger partial charge < -0.3 is 5.32 Å². The number of hydrogen-bond acceptors (Lipinski definition) is 6. The number of hydrogen-bond donors (Lipinski definition) is 2. The minimum absolute atomic E-state index is 0.125. The number of piperidine rings is 1. The second-order valence-corrected chi connectivity index (χ2v) is 8.60. The van der Waals surface area contributed by atoms with Crippen molar-refractivity contribution in [2.75, 3.05) is 19.6 Å². The summed E-state index contributed by atoms with van der Waals surface area (Å²) in [6, 6.07) is 4.46. The molecule has 29 heavy (non-hydrogen) atoms. The van der Waals surface area contributed by atoms with Crippen LogP contribution in [0.2, 0.25) is 0 Å². The number of rotatable bonds is 3. The van der Waals surface area contributed by atoms with Crippen molar-refractivity contribution in [1.82, 2.24) is 20.4 Å². The van der Waals surface area contributed by atoms with Gasteiger partial charge in [0, 0.05) is 38.1 Å². The second-order valence-electron chi connectivity index (χ2n) is 8.60. The van der Waals surface area contributed by atoms with Gasteiger partial charge in [0.25, 0.3) is 11.8 Å². The fraction of sp³-hybridized carbons (Fsp3) is 0.524. The van der Waals surface area contributed by atoms with E-state index in [1.54, 1.807) is 12.1 Å². The molecule has 1 spiro atoms. The zero-order valence-corrected chi connectivity index (χ0v) is 16.2. The van der Waals surface area contributed by atoms with Crippen molar-refractivity contribution in [3.63, 3.8) is 0 Å². The highest BCUT2D eigenvalue weighted by Gasteiger charge is 2.45. The van der Waals surface area contributed by atoms with Crippen LogP contribution in [0.15, 0.2) is 18.2 Å². The molecule has 152 valence electrons. The number of nitrogens with zero attached hydrogens (tertiary/aromatic N) is 2. The van der Waals surface area contributed by atoms with Crippen LogP contribution in [-0.2, 0) is 16.1 Å². The van der Waals surface area contributed by atoms with Crippen molar-refractivity contribution in [2.45, 2.75) is 50.2 Å². The van der Waals surface area contributed by atoms with Gasteiger partial charge in [-0.25, -0.2) is 0 Å². The molecular weight excluding hydrogens is 372 g/mol. The van der Waals surface area contributed by atoms with E-state index in [2.05, 4.69) is 15.5 Å². The van der Waals surface area contributed by atoms with Crippen molar-refractivity contribution in [3.8, 4) is 0 Å². The molecule has 0 aromatic heterocycles. The molecule has 1 unspecified atom stereocenters. The van der Waals surface area contributed by atoms with Crippen LogP contribution in [-0.4, -0.2) is 64.6 Å². The van der Waals surface area contributed by atoms with E-state index in [4.69, 9.17) is 0 Å². The molecule has 1 atom stereocenters. The largest absolute Gasteiger partial charge is 0.309 e. The Morgan fingerprint density at radius 1 is 1.07 bits per heavy atom. The van der Waals surface area contributed by atoms with E-state index in [-0.39, 0.29) is 24.3 Å². The van der Waals surface area contributed by atoms with Crippen LogP contribution in [0.1, 0.15) is 58.4 Å². The van der Waals surface area contributed by atoms with Gasteiger partial charge in [-0.15, -0.1) is 0 Å². The van der Waals surface area contributed by atoms with Gasteiger partial charge in [0.15, 0.2) is 0 Å². The van der Waals surface area contributed by atoms with Crippen LogP contribution >= 0.6 is 0 Å². The van der Waals surface area contributed by atoms with Crippen molar-refractivity contribution < 1.29 is 19.2 Å². The summed E-state index contributed by atoms with van der Waals surface area (Å²) in [4.78, 5) is 52.7. The summed E-state index contributed by atoms with van der Waals surface area (Å²) in [6.45, 7) is 3.65. The molecule has 2 saturated heterocycles. The summed E-state index contributed by atoms with van der Waals surface area (Å²) in [5.74, 6) is -1.85. The maximum absolute atomic E-state index is 13.0. The first kappa shape index (κ1) is 18.4. The monoisotopic (exact) mass is 396 g/mol. The second kappa shape index (κ2) is 6.74. The third-order valence-electron chi connectivity index (χ3n) is 6.68. The summed E-state index contributed by atoms with van der Waals surface area (Å²) in [5, 5.41) is 5.86. The molecule has 1 aliphatic carbocycles. The number of benzene rings is 1. The summed E-state index contributed by atoms with van der Waals surface area (Å²) < 4.78 is 0. The third kappa shape index (κ3) is 3.07. The molecule has 0 bridgehead atoms. The average molecular weight is 396 g/mol. The first-order valence-corrected chi connectivity index (χ1v) is 10.3. The maximum Gasteiger partial charge on any atom is 0.262 e. The number of fused-ring (bicyclic) bond motifs is 1. The zero-order chi connectivity index (χ0) is 20.2. The molecule has 4 amide bonds. The summed E-state index contributed by atoms with van der Waals surface area (Å²) in [7, 11) is 0. The molecule has 3 fully saturated rings. The van der Waals surface area contributed by atoms with Gasteiger partial charge in [-0.2, -0.15) is 0 Å². The Labute approximate surface area is 168 Å². The Morgan fingerprint density at radius 3 is 2.59 bits per heavy atom. The molecule has 3 heterocycles. The molecule has 0 radical (unpaired) electrons. The summed E-state index contributed by atoms with van der Waals surface area (Å²) >= 11 is 0. The standard InChI is InChI=1S/C21H24N4O4/c26-17-5-4-16(18(27)23-17)25-19(28)14-3-2-13(10-15(14)20(25)29)11-24-9-8-22-21(12-24)6-1-7-21/h2-3,10,16,22H,1,4-9,11-12H2,(H,23,26,27). The molecule has 1 aromatic carbocycles. The quantitative estimate of drug-likeness (QED) is 0.719. The van der Waals surface area contributed by atoms with Crippen LogP contribution in [0, 0.1) is 0 Å². The van der Waals surface area contributed by atoms with Crippen LogP contribution in [0.4, 0.5) is 0 Å². The fourth-order valence-electron chi connectivity index (χ4n) is 4.99. The molecule has 1 saturated carbocycles. The minimum atomic E-state index is -0.921. The van der Waals surface area contributed by atoms with Crippen LogP contribution in [0.3, 0.4) is 0 Å². The highest BCUT2D eigenvalue weighted by atomic mass is 16.2. The van der Waals surface area contributed by atoms with E-state index in [9.17, 15) is 19.2 Å². The van der Waals surface area contributed by atoms with E-state index < -0.39 is 23.8 Å².